The predicted octanol–water partition coefficient (Wildman–Crippen LogP) is 5.31. The number of fused-ring (bicyclic) bond motifs is 1. The molecule has 0 spiro atoms. The van der Waals surface area contributed by atoms with Crippen LogP contribution in [0.25, 0.3) is 21.3 Å². The van der Waals surface area contributed by atoms with Gasteiger partial charge in [-0.25, -0.2) is 9.97 Å². The Labute approximate surface area is 127 Å². The van der Waals surface area contributed by atoms with Gasteiger partial charge in [0.2, 0.25) is 0 Å². The number of nitrogens with zero attached hydrogens (tertiary/aromatic N) is 2. The second-order valence-corrected chi connectivity index (χ2v) is 7.07. The summed E-state index contributed by atoms with van der Waals surface area (Å²) in [4.78, 5) is 10.4. The Morgan fingerprint density at radius 1 is 1.05 bits per heavy atom. The maximum Gasteiger partial charge on any atom is 0.141 e. The normalized spacial score (nSPS) is 12.0. The third-order valence-electron chi connectivity index (χ3n) is 3.14. The van der Waals surface area contributed by atoms with Gasteiger partial charge in [-0.1, -0.05) is 50.6 Å². The highest BCUT2D eigenvalue weighted by Crippen LogP contribution is 2.35. The molecule has 0 aliphatic rings. The molecule has 2 aromatic heterocycles. The van der Waals surface area contributed by atoms with Crippen LogP contribution in [0.3, 0.4) is 0 Å². The van der Waals surface area contributed by atoms with Gasteiger partial charge in [-0.05, 0) is 17.5 Å². The first-order chi connectivity index (χ1) is 9.47. The Hall–Kier alpha value is -1.45. The molecule has 3 aromatic rings. The van der Waals surface area contributed by atoms with Crippen molar-refractivity contribution in [2.24, 2.45) is 0 Å². The number of thiophene rings is 1. The van der Waals surface area contributed by atoms with Gasteiger partial charge in [0.05, 0.1) is 5.52 Å². The minimum absolute atomic E-state index is 0.114. The topological polar surface area (TPSA) is 25.8 Å². The Morgan fingerprint density at radius 3 is 2.50 bits per heavy atom. The molecule has 0 atom stereocenters. The van der Waals surface area contributed by atoms with Crippen LogP contribution in [0.5, 0.6) is 0 Å². The molecule has 0 saturated heterocycles. The number of aromatic nitrogens is 2. The van der Waals surface area contributed by atoms with E-state index >= 15 is 0 Å². The van der Waals surface area contributed by atoms with Crippen LogP contribution in [-0.2, 0) is 5.41 Å². The minimum atomic E-state index is -0.114. The van der Waals surface area contributed by atoms with Gasteiger partial charge in [0.15, 0.2) is 0 Å². The van der Waals surface area contributed by atoms with Crippen LogP contribution in [0.15, 0.2) is 35.7 Å². The zero-order valence-corrected chi connectivity index (χ0v) is 13.2. The summed E-state index contributed by atoms with van der Waals surface area (Å²) in [5.74, 6) is 0.776. The number of rotatable bonds is 1. The smallest absolute Gasteiger partial charge is 0.141 e. The van der Waals surface area contributed by atoms with Crippen molar-refractivity contribution in [1.29, 1.82) is 0 Å². The SMILES string of the molecule is CC(C)(C)c1nc(Cl)c2c(-c3cccs3)cccc2n1. The summed E-state index contributed by atoms with van der Waals surface area (Å²) in [5, 5.41) is 3.53. The molecule has 0 aliphatic heterocycles. The maximum absolute atomic E-state index is 6.44. The van der Waals surface area contributed by atoms with E-state index in [1.165, 1.54) is 4.88 Å². The van der Waals surface area contributed by atoms with Gasteiger partial charge >= 0.3 is 0 Å². The average molecular weight is 303 g/mol. The van der Waals surface area contributed by atoms with Crippen molar-refractivity contribution in [1.82, 2.24) is 9.97 Å². The standard InChI is InChI=1S/C16H15ClN2S/c1-16(2,3)15-18-11-7-4-6-10(12-8-5-9-20-12)13(11)14(17)19-15/h4-9H,1-3H3. The van der Waals surface area contributed by atoms with Crippen LogP contribution in [0.4, 0.5) is 0 Å². The van der Waals surface area contributed by atoms with Crippen LogP contribution in [0.1, 0.15) is 26.6 Å². The molecule has 20 heavy (non-hydrogen) atoms. The summed E-state index contributed by atoms with van der Waals surface area (Å²) in [6, 6.07) is 10.2. The molecule has 0 bridgehead atoms. The van der Waals surface area contributed by atoms with Crippen LogP contribution in [-0.4, -0.2) is 9.97 Å². The highest BCUT2D eigenvalue weighted by atomic mass is 35.5. The van der Waals surface area contributed by atoms with Crippen molar-refractivity contribution in [3.05, 3.63) is 46.7 Å². The molecule has 0 aliphatic carbocycles. The van der Waals surface area contributed by atoms with Crippen LogP contribution >= 0.6 is 22.9 Å². The summed E-state index contributed by atoms with van der Waals surface area (Å²) in [6.45, 7) is 6.27. The van der Waals surface area contributed by atoms with E-state index in [0.717, 1.165) is 22.3 Å². The molecule has 1 aromatic carbocycles. The van der Waals surface area contributed by atoms with Crippen molar-refractivity contribution in [2.45, 2.75) is 26.2 Å². The van der Waals surface area contributed by atoms with Crippen molar-refractivity contribution in [3.8, 4) is 10.4 Å². The lowest BCUT2D eigenvalue weighted by atomic mass is 9.95. The molecule has 2 heterocycles. The van der Waals surface area contributed by atoms with Crippen molar-refractivity contribution < 1.29 is 0 Å². The van der Waals surface area contributed by atoms with Gasteiger partial charge in [-0.15, -0.1) is 11.3 Å². The van der Waals surface area contributed by atoms with Gasteiger partial charge in [0.1, 0.15) is 11.0 Å². The fraction of sp³-hybridized carbons (Fsp3) is 0.250. The molecule has 0 fully saturated rings. The molecule has 0 amide bonds. The van der Waals surface area contributed by atoms with E-state index in [1.807, 2.05) is 18.2 Å². The van der Waals surface area contributed by atoms with Crippen LogP contribution in [0.2, 0.25) is 5.15 Å². The first kappa shape index (κ1) is 13.5. The molecule has 0 radical (unpaired) electrons. The van der Waals surface area contributed by atoms with Gasteiger partial charge in [0, 0.05) is 21.2 Å². The molecule has 2 nitrogen and oxygen atoms in total. The van der Waals surface area contributed by atoms with E-state index in [-0.39, 0.29) is 5.41 Å². The lowest BCUT2D eigenvalue weighted by Crippen LogP contribution is -2.16. The second kappa shape index (κ2) is 4.83. The maximum atomic E-state index is 6.44. The summed E-state index contributed by atoms with van der Waals surface area (Å²) in [7, 11) is 0. The predicted molar refractivity (Wildman–Crippen MR) is 86.6 cm³/mol. The average Bonchev–Trinajstić information content (AvgIpc) is 2.90. The second-order valence-electron chi connectivity index (χ2n) is 5.77. The Morgan fingerprint density at radius 2 is 1.85 bits per heavy atom. The first-order valence-corrected chi connectivity index (χ1v) is 7.73. The molecule has 102 valence electrons. The minimum Gasteiger partial charge on any atom is -0.232 e. The molecule has 0 N–H and O–H groups in total. The van der Waals surface area contributed by atoms with Gasteiger partial charge in [0.25, 0.3) is 0 Å². The fourth-order valence-corrected chi connectivity index (χ4v) is 3.15. The van der Waals surface area contributed by atoms with Gasteiger partial charge < -0.3 is 0 Å². The van der Waals surface area contributed by atoms with Crippen molar-refractivity contribution in [3.63, 3.8) is 0 Å². The molecule has 3 rings (SSSR count). The fourth-order valence-electron chi connectivity index (χ4n) is 2.11. The summed E-state index contributed by atoms with van der Waals surface area (Å²) >= 11 is 8.14. The monoisotopic (exact) mass is 302 g/mol. The molecule has 4 heteroatoms. The van der Waals surface area contributed by atoms with E-state index < -0.39 is 0 Å². The van der Waals surface area contributed by atoms with E-state index in [4.69, 9.17) is 11.6 Å². The van der Waals surface area contributed by atoms with Crippen molar-refractivity contribution >= 4 is 33.8 Å². The lowest BCUT2D eigenvalue weighted by molar-refractivity contribution is 0.548. The molecular weight excluding hydrogens is 288 g/mol. The number of hydrogen-bond acceptors (Lipinski definition) is 3. The zero-order valence-electron chi connectivity index (χ0n) is 11.6. The van der Waals surface area contributed by atoms with Gasteiger partial charge in [-0.2, -0.15) is 0 Å². The zero-order chi connectivity index (χ0) is 14.3. The summed E-state index contributed by atoms with van der Waals surface area (Å²) in [5.41, 5.74) is 1.89. The van der Waals surface area contributed by atoms with Crippen LogP contribution < -0.4 is 0 Å². The molecular formula is C16H15ClN2S. The number of halogens is 1. The third kappa shape index (κ3) is 2.32. The quantitative estimate of drug-likeness (QED) is 0.569. The number of benzene rings is 1. The Bertz CT molecular complexity index is 758. The van der Waals surface area contributed by atoms with Crippen LogP contribution in [0, 0.1) is 0 Å². The van der Waals surface area contributed by atoms with E-state index in [1.54, 1.807) is 11.3 Å². The lowest BCUT2D eigenvalue weighted by Gasteiger charge is -2.18. The van der Waals surface area contributed by atoms with E-state index in [0.29, 0.717) is 5.15 Å². The Kier molecular flexibility index (Phi) is 3.27. The summed E-state index contributed by atoms with van der Waals surface area (Å²) < 4.78 is 0. The Balaban J connectivity index is 2.32. The van der Waals surface area contributed by atoms with Gasteiger partial charge in [-0.3, -0.25) is 0 Å². The van der Waals surface area contributed by atoms with E-state index in [2.05, 4.69) is 48.3 Å². The van der Waals surface area contributed by atoms with Crippen molar-refractivity contribution in [2.75, 3.05) is 0 Å². The number of hydrogen-bond donors (Lipinski definition) is 0. The first-order valence-electron chi connectivity index (χ1n) is 6.47. The van der Waals surface area contributed by atoms with E-state index in [9.17, 15) is 0 Å². The molecule has 0 saturated carbocycles. The molecule has 0 unspecified atom stereocenters. The largest absolute Gasteiger partial charge is 0.232 e. The highest BCUT2D eigenvalue weighted by molar-refractivity contribution is 7.13. The third-order valence-corrected chi connectivity index (χ3v) is 4.31. The highest BCUT2D eigenvalue weighted by Gasteiger charge is 2.20. The summed E-state index contributed by atoms with van der Waals surface area (Å²) in [6.07, 6.45) is 0.